The van der Waals surface area contributed by atoms with E-state index in [1.54, 1.807) is 18.5 Å². The molecule has 0 aliphatic heterocycles. The number of halogens is 2. The van der Waals surface area contributed by atoms with Gasteiger partial charge >= 0.3 is 5.97 Å². The van der Waals surface area contributed by atoms with Crippen molar-refractivity contribution in [3.8, 4) is 0 Å². The van der Waals surface area contributed by atoms with Crippen LogP contribution in [0.1, 0.15) is 12.5 Å². The van der Waals surface area contributed by atoms with Crippen LogP contribution in [-0.2, 0) is 9.53 Å². The lowest BCUT2D eigenvalue weighted by Gasteiger charge is -2.08. The van der Waals surface area contributed by atoms with Gasteiger partial charge in [0.05, 0.1) is 12.2 Å². The first-order valence-electron chi connectivity index (χ1n) is 6.39. The maximum absolute atomic E-state index is 12.1. The average molecular weight is 372 g/mol. The Morgan fingerprint density at radius 3 is 2.87 bits per heavy atom. The number of carbonyl (C=O) groups excluding carboxylic acids is 1. The number of rotatable bonds is 5. The molecule has 0 saturated heterocycles. The highest BCUT2D eigenvalue weighted by molar-refractivity contribution is 7.13. The Morgan fingerprint density at radius 1 is 1.48 bits per heavy atom. The van der Waals surface area contributed by atoms with Crippen molar-refractivity contribution in [2.24, 2.45) is 4.99 Å². The number of aliphatic hydroxyl groups excluding tert-OH is 1. The fourth-order valence-electron chi connectivity index (χ4n) is 1.55. The number of aliphatic hydroxyl groups is 1. The van der Waals surface area contributed by atoms with Crippen molar-refractivity contribution in [1.82, 2.24) is 9.97 Å². The first kappa shape index (κ1) is 17.4. The van der Waals surface area contributed by atoms with E-state index in [0.29, 0.717) is 5.13 Å². The van der Waals surface area contributed by atoms with Crippen molar-refractivity contribution in [2.75, 3.05) is 6.61 Å². The second kappa shape index (κ2) is 8.05. The van der Waals surface area contributed by atoms with Gasteiger partial charge in [-0.15, -0.1) is 11.3 Å². The lowest BCUT2D eigenvalue weighted by Crippen LogP contribution is -2.11. The van der Waals surface area contributed by atoms with Gasteiger partial charge in [-0.2, -0.15) is 0 Å². The number of esters is 1. The number of hydrogen-bond acceptors (Lipinski definition) is 7. The highest BCUT2D eigenvalue weighted by Gasteiger charge is 2.19. The van der Waals surface area contributed by atoms with Crippen LogP contribution < -0.4 is 0 Å². The summed E-state index contributed by atoms with van der Waals surface area (Å²) in [7, 11) is 0. The Balaban J connectivity index is 2.47. The largest absolute Gasteiger partial charge is 0.506 e. The highest BCUT2D eigenvalue weighted by Crippen LogP contribution is 2.25. The summed E-state index contributed by atoms with van der Waals surface area (Å²) in [6, 6.07) is 2.89. The van der Waals surface area contributed by atoms with Gasteiger partial charge in [0.1, 0.15) is 21.6 Å². The lowest BCUT2D eigenvalue weighted by molar-refractivity contribution is -0.137. The fraction of sp³-hybridized carbons (Fsp3) is 0.143. The van der Waals surface area contributed by atoms with E-state index < -0.39 is 11.7 Å². The summed E-state index contributed by atoms with van der Waals surface area (Å²) in [4.78, 5) is 23.9. The summed E-state index contributed by atoms with van der Waals surface area (Å²) in [5.41, 5.74) is -0.0159. The molecule has 0 aliphatic rings. The summed E-state index contributed by atoms with van der Waals surface area (Å²) >= 11 is 13.0. The van der Waals surface area contributed by atoms with Crippen LogP contribution in [0.2, 0.25) is 10.3 Å². The Morgan fingerprint density at radius 2 is 2.26 bits per heavy atom. The van der Waals surface area contributed by atoms with Crippen molar-refractivity contribution in [3.05, 3.63) is 45.2 Å². The maximum Gasteiger partial charge on any atom is 0.343 e. The van der Waals surface area contributed by atoms with Crippen molar-refractivity contribution in [2.45, 2.75) is 6.92 Å². The van der Waals surface area contributed by atoms with Gasteiger partial charge in [0.25, 0.3) is 0 Å². The zero-order valence-electron chi connectivity index (χ0n) is 11.9. The van der Waals surface area contributed by atoms with E-state index >= 15 is 0 Å². The third-order valence-electron chi connectivity index (χ3n) is 2.54. The van der Waals surface area contributed by atoms with Crippen molar-refractivity contribution in [1.29, 1.82) is 0 Å². The molecule has 9 heteroatoms. The molecule has 0 atom stereocenters. The van der Waals surface area contributed by atoms with Gasteiger partial charge in [-0.1, -0.05) is 23.2 Å². The maximum atomic E-state index is 12.1. The van der Waals surface area contributed by atoms with Crippen LogP contribution in [0.5, 0.6) is 0 Å². The van der Waals surface area contributed by atoms with Crippen molar-refractivity contribution in [3.63, 3.8) is 0 Å². The molecule has 0 aromatic carbocycles. The number of aliphatic imine (C=N–C) groups is 1. The molecule has 0 unspecified atom stereocenters. The van der Waals surface area contributed by atoms with Gasteiger partial charge < -0.3 is 9.84 Å². The van der Waals surface area contributed by atoms with Gasteiger partial charge in [-0.05, 0) is 19.1 Å². The first-order valence-corrected chi connectivity index (χ1v) is 8.02. The minimum absolute atomic E-state index is 0.0422. The van der Waals surface area contributed by atoms with Gasteiger partial charge in [-0.25, -0.2) is 19.8 Å². The molecular formula is C14H11Cl2N3O3S. The fourth-order valence-corrected chi connectivity index (χ4v) is 2.47. The monoisotopic (exact) mass is 371 g/mol. The molecule has 2 heterocycles. The predicted molar refractivity (Wildman–Crippen MR) is 90.7 cm³/mol. The van der Waals surface area contributed by atoms with Gasteiger partial charge in [0.15, 0.2) is 0 Å². The topological polar surface area (TPSA) is 84.7 Å². The SMILES string of the molecule is CCOC(=O)C(C=Nc1nccs1)=C(O)c1ccc(Cl)nc1Cl. The molecule has 120 valence electrons. The minimum Gasteiger partial charge on any atom is -0.506 e. The van der Waals surface area contributed by atoms with Gasteiger partial charge in [0, 0.05) is 17.8 Å². The number of pyridine rings is 1. The number of carbonyl (C=O) groups is 1. The summed E-state index contributed by atoms with van der Waals surface area (Å²) in [5.74, 6) is -1.14. The summed E-state index contributed by atoms with van der Waals surface area (Å²) in [6.45, 7) is 1.80. The van der Waals surface area contributed by atoms with Crippen molar-refractivity contribution >= 4 is 57.6 Å². The van der Waals surface area contributed by atoms with Crippen molar-refractivity contribution < 1.29 is 14.6 Å². The molecule has 6 nitrogen and oxygen atoms in total. The minimum atomic E-state index is -0.740. The van der Waals surface area contributed by atoms with E-state index in [-0.39, 0.29) is 28.0 Å². The van der Waals surface area contributed by atoms with Gasteiger partial charge in [-0.3, -0.25) is 0 Å². The van der Waals surface area contributed by atoms with Crippen LogP contribution in [0.4, 0.5) is 5.13 Å². The number of hydrogen-bond donors (Lipinski definition) is 1. The van der Waals surface area contributed by atoms with E-state index in [2.05, 4.69) is 15.0 Å². The van der Waals surface area contributed by atoms with Crippen LogP contribution in [0.25, 0.3) is 5.76 Å². The molecule has 1 N–H and O–H groups in total. The third kappa shape index (κ3) is 4.51. The van der Waals surface area contributed by atoms with E-state index in [1.807, 2.05) is 0 Å². The molecule has 23 heavy (non-hydrogen) atoms. The Hall–Kier alpha value is -1.96. The summed E-state index contributed by atoms with van der Waals surface area (Å²) in [6.07, 6.45) is 2.75. The second-order valence-electron chi connectivity index (χ2n) is 4.03. The molecule has 0 bridgehead atoms. The number of ether oxygens (including phenoxy) is 1. The first-order chi connectivity index (χ1) is 11.0. The zero-order valence-corrected chi connectivity index (χ0v) is 14.2. The van der Waals surface area contributed by atoms with Crippen LogP contribution in [0, 0.1) is 0 Å². The van der Waals surface area contributed by atoms with Crippen LogP contribution in [0.3, 0.4) is 0 Å². The van der Waals surface area contributed by atoms with E-state index in [4.69, 9.17) is 27.9 Å². The van der Waals surface area contributed by atoms with Crippen LogP contribution >= 0.6 is 34.5 Å². The smallest absolute Gasteiger partial charge is 0.343 e. The molecule has 2 aromatic rings. The molecule has 0 radical (unpaired) electrons. The van der Waals surface area contributed by atoms with E-state index in [9.17, 15) is 9.90 Å². The third-order valence-corrected chi connectivity index (χ3v) is 3.72. The molecule has 2 rings (SSSR count). The summed E-state index contributed by atoms with van der Waals surface area (Å²) in [5, 5.41) is 12.7. The van der Waals surface area contributed by atoms with Gasteiger partial charge in [0.2, 0.25) is 5.13 Å². The van der Waals surface area contributed by atoms with Crippen LogP contribution in [0.15, 0.2) is 34.3 Å². The number of thiazole rings is 1. The lowest BCUT2D eigenvalue weighted by atomic mass is 10.1. The molecule has 0 aliphatic carbocycles. The highest BCUT2D eigenvalue weighted by atomic mass is 35.5. The molecule has 0 saturated carbocycles. The second-order valence-corrected chi connectivity index (χ2v) is 5.65. The number of nitrogens with zero attached hydrogens (tertiary/aromatic N) is 3. The number of aromatic nitrogens is 2. The Kier molecular flexibility index (Phi) is 6.09. The summed E-state index contributed by atoms with van der Waals surface area (Å²) < 4.78 is 4.93. The molecule has 0 fully saturated rings. The molecule has 0 amide bonds. The molecule has 0 spiro atoms. The Labute approximate surface area is 146 Å². The zero-order chi connectivity index (χ0) is 16.8. The van der Waals surface area contributed by atoms with E-state index in [1.165, 1.54) is 29.7 Å². The molecule has 2 aromatic heterocycles. The van der Waals surface area contributed by atoms with Crippen LogP contribution in [-0.4, -0.2) is 33.9 Å². The standard InChI is InChI=1S/C14H11Cl2N3O3S/c1-2-22-13(21)9(7-18-14-17-5-6-23-14)11(20)8-3-4-10(15)19-12(8)16/h3-7,20H,2H2,1H3. The average Bonchev–Trinajstić information content (AvgIpc) is 3.01. The Bertz CT molecular complexity index is 761. The molecular weight excluding hydrogens is 361 g/mol. The quantitative estimate of drug-likeness (QED) is 0.281. The normalized spacial score (nSPS) is 12.3. The predicted octanol–water partition coefficient (Wildman–Crippen LogP) is 4.08. The van der Waals surface area contributed by atoms with E-state index in [0.717, 1.165) is 0 Å².